The minimum atomic E-state index is -0.882. The van der Waals surface area contributed by atoms with Crippen LogP contribution < -0.4 is 0 Å². The standard InChI is InChI=1S/C17H32O5/c1-8-9-14(20-6)11-10-12(2)15(22-13(3)18)17(4,5)16(19)21-7/h12,14-15H,8-11H2,1-7H3/t12-,14+,15+/m1/s1. The first-order valence-electron chi connectivity index (χ1n) is 7.99. The fraction of sp³-hybridized carbons (Fsp3) is 0.882. The van der Waals surface area contributed by atoms with Crippen molar-refractivity contribution in [2.75, 3.05) is 14.2 Å². The normalized spacial score (nSPS) is 15.8. The van der Waals surface area contributed by atoms with E-state index in [0.717, 1.165) is 25.7 Å². The smallest absolute Gasteiger partial charge is 0.315 e. The lowest BCUT2D eigenvalue weighted by molar-refractivity contribution is -0.171. The van der Waals surface area contributed by atoms with Gasteiger partial charge in [0.05, 0.1) is 18.6 Å². The van der Waals surface area contributed by atoms with Crippen molar-refractivity contribution in [2.24, 2.45) is 11.3 Å². The van der Waals surface area contributed by atoms with Gasteiger partial charge in [-0.1, -0.05) is 20.3 Å². The zero-order valence-corrected chi connectivity index (χ0v) is 15.1. The Morgan fingerprint density at radius 2 is 1.68 bits per heavy atom. The molecule has 0 fully saturated rings. The van der Waals surface area contributed by atoms with E-state index in [-0.39, 0.29) is 24.0 Å². The maximum Gasteiger partial charge on any atom is 0.315 e. The van der Waals surface area contributed by atoms with E-state index < -0.39 is 11.5 Å². The quantitative estimate of drug-likeness (QED) is 0.578. The molecule has 0 aromatic rings. The van der Waals surface area contributed by atoms with Crippen molar-refractivity contribution < 1.29 is 23.8 Å². The van der Waals surface area contributed by atoms with E-state index in [1.54, 1.807) is 21.0 Å². The minimum absolute atomic E-state index is 0.0347. The molecule has 3 atom stereocenters. The second-order valence-electron chi connectivity index (χ2n) is 6.44. The molecule has 0 aliphatic heterocycles. The van der Waals surface area contributed by atoms with E-state index in [0.29, 0.717) is 0 Å². The molecule has 0 saturated heterocycles. The molecule has 5 heteroatoms. The minimum Gasteiger partial charge on any atom is -0.468 e. The van der Waals surface area contributed by atoms with Crippen LogP contribution in [0.4, 0.5) is 0 Å². The zero-order valence-electron chi connectivity index (χ0n) is 15.1. The van der Waals surface area contributed by atoms with Gasteiger partial charge >= 0.3 is 11.9 Å². The Balaban J connectivity index is 4.95. The molecule has 0 aliphatic carbocycles. The van der Waals surface area contributed by atoms with E-state index in [1.165, 1.54) is 14.0 Å². The average molecular weight is 316 g/mol. The molecule has 130 valence electrons. The number of carbonyl (C=O) groups excluding carboxylic acids is 2. The highest BCUT2D eigenvalue weighted by Gasteiger charge is 2.43. The Bertz CT molecular complexity index is 351. The molecule has 0 amide bonds. The van der Waals surface area contributed by atoms with Gasteiger partial charge in [0.2, 0.25) is 0 Å². The summed E-state index contributed by atoms with van der Waals surface area (Å²) >= 11 is 0. The summed E-state index contributed by atoms with van der Waals surface area (Å²) in [4.78, 5) is 23.4. The lowest BCUT2D eigenvalue weighted by Gasteiger charge is -2.35. The van der Waals surface area contributed by atoms with Crippen LogP contribution in [0.5, 0.6) is 0 Å². The van der Waals surface area contributed by atoms with Gasteiger partial charge < -0.3 is 14.2 Å². The molecule has 0 spiro atoms. The molecule has 0 heterocycles. The predicted octanol–water partition coefficient (Wildman–Crippen LogP) is 3.35. The van der Waals surface area contributed by atoms with Crippen LogP contribution in [0.3, 0.4) is 0 Å². The molecule has 0 rings (SSSR count). The number of hydrogen-bond donors (Lipinski definition) is 0. The Hall–Kier alpha value is -1.10. The Labute approximate surface area is 134 Å². The SMILES string of the molecule is CCC[C@@H](CC[C@@H](C)[C@H](OC(C)=O)C(C)(C)C(=O)OC)OC. The van der Waals surface area contributed by atoms with Crippen molar-refractivity contribution in [2.45, 2.75) is 72.5 Å². The third kappa shape index (κ3) is 6.34. The Kier molecular flexibility index (Phi) is 9.33. The Morgan fingerprint density at radius 3 is 2.09 bits per heavy atom. The largest absolute Gasteiger partial charge is 0.468 e. The van der Waals surface area contributed by atoms with E-state index >= 15 is 0 Å². The zero-order chi connectivity index (χ0) is 17.3. The van der Waals surface area contributed by atoms with Crippen LogP contribution in [0.15, 0.2) is 0 Å². The first-order valence-corrected chi connectivity index (χ1v) is 7.99. The summed E-state index contributed by atoms with van der Waals surface area (Å²) in [5.74, 6) is -0.722. The van der Waals surface area contributed by atoms with Gasteiger partial charge in [0.25, 0.3) is 0 Å². The number of esters is 2. The van der Waals surface area contributed by atoms with E-state index in [9.17, 15) is 9.59 Å². The summed E-state index contributed by atoms with van der Waals surface area (Å²) in [5.41, 5.74) is -0.882. The predicted molar refractivity (Wildman–Crippen MR) is 85.5 cm³/mol. The molecule has 0 aliphatic rings. The molecule has 0 radical (unpaired) electrons. The maximum absolute atomic E-state index is 12.0. The van der Waals surface area contributed by atoms with E-state index in [2.05, 4.69) is 6.92 Å². The molecule has 0 aromatic carbocycles. The molecular formula is C17H32O5. The van der Waals surface area contributed by atoms with Gasteiger partial charge in [0, 0.05) is 14.0 Å². The number of rotatable bonds is 10. The maximum atomic E-state index is 12.0. The van der Waals surface area contributed by atoms with Gasteiger partial charge in [-0.25, -0.2) is 0 Å². The van der Waals surface area contributed by atoms with Crippen LogP contribution >= 0.6 is 0 Å². The fourth-order valence-corrected chi connectivity index (χ4v) is 2.83. The Morgan fingerprint density at radius 1 is 1.09 bits per heavy atom. The highest BCUT2D eigenvalue weighted by atomic mass is 16.6. The highest BCUT2D eigenvalue weighted by molar-refractivity contribution is 5.77. The molecule has 0 aromatic heterocycles. The fourth-order valence-electron chi connectivity index (χ4n) is 2.83. The van der Waals surface area contributed by atoms with Crippen molar-refractivity contribution >= 4 is 11.9 Å². The van der Waals surface area contributed by atoms with Gasteiger partial charge in [-0.2, -0.15) is 0 Å². The molecule has 0 unspecified atom stereocenters. The van der Waals surface area contributed by atoms with Crippen LogP contribution in [0.25, 0.3) is 0 Å². The van der Waals surface area contributed by atoms with E-state index in [4.69, 9.17) is 14.2 Å². The lowest BCUT2D eigenvalue weighted by Crippen LogP contribution is -2.44. The molecular weight excluding hydrogens is 284 g/mol. The van der Waals surface area contributed by atoms with Crippen molar-refractivity contribution in [3.8, 4) is 0 Å². The number of carbonyl (C=O) groups is 2. The topological polar surface area (TPSA) is 61.8 Å². The third-order valence-electron chi connectivity index (χ3n) is 4.12. The summed E-state index contributed by atoms with van der Waals surface area (Å²) in [6, 6.07) is 0. The summed E-state index contributed by atoms with van der Waals surface area (Å²) in [7, 11) is 3.06. The first-order chi connectivity index (χ1) is 10.2. The molecule has 5 nitrogen and oxygen atoms in total. The number of hydrogen-bond acceptors (Lipinski definition) is 5. The van der Waals surface area contributed by atoms with Crippen LogP contribution in [-0.4, -0.2) is 38.4 Å². The van der Waals surface area contributed by atoms with Gasteiger partial charge in [-0.15, -0.1) is 0 Å². The lowest BCUT2D eigenvalue weighted by atomic mass is 9.78. The van der Waals surface area contributed by atoms with Crippen molar-refractivity contribution in [1.82, 2.24) is 0 Å². The summed E-state index contributed by atoms with van der Waals surface area (Å²) < 4.78 is 15.8. The van der Waals surface area contributed by atoms with Crippen LogP contribution in [0.1, 0.15) is 60.3 Å². The first kappa shape index (κ1) is 20.9. The highest BCUT2D eigenvalue weighted by Crippen LogP contribution is 2.33. The second-order valence-corrected chi connectivity index (χ2v) is 6.44. The van der Waals surface area contributed by atoms with Crippen LogP contribution in [0, 0.1) is 11.3 Å². The number of ether oxygens (including phenoxy) is 3. The summed E-state index contributed by atoms with van der Waals surface area (Å²) in [5, 5.41) is 0. The van der Waals surface area contributed by atoms with Crippen molar-refractivity contribution in [3.05, 3.63) is 0 Å². The summed E-state index contributed by atoms with van der Waals surface area (Å²) in [6.07, 6.45) is 3.44. The van der Waals surface area contributed by atoms with Crippen LogP contribution in [-0.2, 0) is 23.8 Å². The molecule has 0 saturated carbocycles. The van der Waals surface area contributed by atoms with Gasteiger partial charge in [0.1, 0.15) is 6.10 Å². The molecule has 0 bridgehead atoms. The number of methoxy groups -OCH3 is 2. The molecule has 22 heavy (non-hydrogen) atoms. The van der Waals surface area contributed by atoms with Crippen molar-refractivity contribution in [3.63, 3.8) is 0 Å². The molecule has 0 N–H and O–H groups in total. The van der Waals surface area contributed by atoms with Crippen LogP contribution in [0.2, 0.25) is 0 Å². The summed E-state index contributed by atoms with van der Waals surface area (Å²) in [6.45, 7) is 8.99. The van der Waals surface area contributed by atoms with Gasteiger partial charge in [0.15, 0.2) is 0 Å². The van der Waals surface area contributed by atoms with Crippen molar-refractivity contribution in [1.29, 1.82) is 0 Å². The third-order valence-corrected chi connectivity index (χ3v) is 4.12. The van der Waals surface area contributed by atoms with E-state index in [1.807, 2.05) is 6.92 Å². The monoisotopic (exact) mass is 316 g/mol. The van der Waals surface area contributed by atoms with Gasteiger partial charge in [-0.3, -0.25) is 9.59 Å². The average Bonchev–Trinajstić information content (AvgIpc) is 2.47. The second kappa shape index (κ2) is 9.82. The van der Waals surface area contributed by atoms with Gasteiger partial charge in [-0.05, 0) is 39.0 Å².